The van der Waals surface area contributed by atoms with E-state index in [4.69, 9.17) is 9.47 Å². The third kappa shape index (κ3) is 7.01. The smallest absolute Gasteiger partial charge is 0.422 e. The largest absolute Gasteiger partial charge is 0.484 e. The van der Waals surface area contributed by atoms with Crippen molar-refractivity contribution in [3.63, 3.8) is 0 Å². The fraction of sp³-hybridized carbons (Fsp3) is 0.286. The van der Waals surface area contributed by atoms with Crippen molar-refractivity contribution in [3.05, 3.63) is 101 Å². The number of halogens is 4. The Morgan fingerprint density at radius 2 is 1.47 bits per heavy atom. The maximum absolute atomic E-state index is 15.2. The summed E-state index contributed by atoms with van der Waals surface area (Å²) < 4.78 is 61.8. The quantitative estimate of drug-likeness (QED) is 0.237. The van der Waals surface area contributed by atoms with Crippen LogP contribution in [0.2, 0.25) is 0 Å². The molecule has 1 heterocycles. The lowest BCUT2D eigenvalue weighted by molar-refractivity contribution is -0.153. The van der Waals surface area contributed by atoms with Gasteiger partial charge >= 0.3 is 6.18 Å². The first-order valence-corrected chi connectivity index (χ1v) is 11.6. The highest BCUT2D eigenvalue weighted by Gasteiger charge is 2.28. The zero-order chi connectivity index (χ0) is 25.5. The van der Waals surface area contributed by atoms with E-state index in [1.165, 1.54) is 12.1 Å². The standard InChI is InChI=1S/C28H26F4N2O2/c1-35-17-21-15-33-26(34-16-21)13-6-20-5-12-25-23(14-20)9-8-22(27(25)29)7-2-19-3-10-24(11-4-19)36-18-28(30,31)32/h3-5,8-12,14-16H,2,6-7,13,17-18H2,1H3. The summed E-state index contributed by atoms with van der Waals surface area (Å²) in [6.45, 7) is -0.850. The summed E-state index contributed by atoms with van der Waals surface area (Å²) in [5.74, 6) is 0.649. The number of fused-ring (bicyclic) bond motifs is 1. The molecule has 188 valence electrons. The highest BCUT2D eigenvalue weighted by atomic mass is 19.4. The fourth-order valence-corrected chi connectivity index (χ4v) is 3.94. The highest BCUT2D eigenvalue weighted by Crippen LogP contribution is 2.25. The monoisotopic (exact) mass is 498 g/mol. The molecule has 0 spiro atoms. The lowest BCUT2D eigenvalue weighted by Gasteiger charge is -2.10. The van der Waals surface area contributed by atoms with Crippen LogP contribution in [-0.2, 0) is 37.0 Å². The molecule has 8 heteroatoms. The van der Waals surface area contributed by atoms with E-state index in [0.29, 0.717) is 36.8 Å². The molecule has 3 aromatic carbocycles. The van der Waals surface area contributed by atoms with Crippen molar-refractivity contribution in [2.45, 2.75) is 38.5 Å². The van der Waals surface area contributed by atoms with Crippen LogP contribution >= 0.6 is 0 Å². The third-order valence-corrected chi connectivity index (χ3v) is 5.81. The number of rotatable bonds is 10. The minimum absolute atomic E-state index is 0.151. The first-order chi connectivity index (χ1) is 17.3. The van der Waals surface area contributed by atoms with E-state index in [1.807, 2.05) is 18.2 Å². The number of alkyl halides is 3. The van der Waals surface area contributed by atoms with Gasteiger partial charge in [-0.05, 0) is 53.5 Å². The normalized spacial score (nSPS) is 11.7. The van der Waals surface area contributed by atoms with Crippen molar-refractivity contribution < 1.29 is 27.0 Å². The number of hydrogen-bond acceptors (Lipinski definition) is 4. The number of nitrogens with zero attached hydrogens (tertiary/aromatic N) is 2. The summed E-state index contributed by atoms with van der Waals surface area (Å²) in [5.41, 5.74) is 3.48. The summed E-state index contributed by atoms with van der Waals surface area (Å²) in [6, 6.07) is 15.8. The van der Waals surface area contributed by atoms with Crippen LogP contribution in [0, 0.1) is 5.82 Å². The molecule has 0 aliphatic carbocycles. The Kier molecular flexibility index (Phi) is 8.15. The molecule has 0 fully saturated rings. The van der Waals surface area contributed by atoms with Crippen LogP contribution in [0.3, 0.4) is 0 Å². The van der Waals surface area contributed by atoms with Gasteiger partial charge in [0.05, 0.1) is 6.61 Å². The molecule has 0 atom stereocenters. The van der Waals surface area contributed by atoms with Crippen molar-refractivity contribution in [1.82, 2.24) is 9.97 Å². The molecule has 4 rings (SSSR count). The number of hydrogen-bond donors (Lipinski definition) is 0. The fourth-order valence-electron chi connectivity index (χ4n) is 3.94. The zero-order valence-electron chi connectivity index (χ0n) is 19.8. The Bertz CT molecular complexity index is 1290. The van der Waals surface area contributed by atoms with Gasteiger partial charge in [-0.15, -0.1) is 0 Å². The minimum Gasteiger partial charge on any atom is -0.484 e. The Morgan fingerprint density at radius 1 is 0.778 bits per heavy atom. The molecule has 0 aliphatic heterocycles. The number of ether oxygens (including phenoxy) is 2. The number of aromatic nitrogens is 2. The Balaban J connectivity index is 1.36. The average molecular weight is 499 g/mol. The van der Waals surface area contributed by atoms with Crippen molar-refractivity contribution >= 4 is 10.8 Å². The van der Waals surface area contributed by atoms with Gasteiger partial charge in [0.15, 0.2) is 6.61 Å². The summed E-state index contributed by atoms with van der Waals surface area (Å²) in [7, 11) is 1.63. The van der Waals surface area contributed by atoms with Crippen LogP contribution in [-0.4, -0.2) is 29.9 Å². The van der Waals surface area contributed by atoms with Crippen LogP contribution in [0.15, 0.2) is 67.0 Å². The molecular formula is C28H26F4N2O2. The summed E-state index contributed by atoms with van der Waals surface area (Å²) >= 11 is 0. The van der Waals surface area contributed by atoms with Crippen LogP contribution in [0.1, 0.15) is 28.1 Å². The molecule has 0 N–H and O–H groups in total. The Morgan fingerprint density at radius 3 is 2.17 bits per heavy atom. The van der Waals surface area contributed by atoms with E-state index in [2.05, 4.69) is 9.97 Å². The minimum atomic E-state index is -4.38. The first kappa shape index (κ1) is 25.6. The zero-order valence-corrected chi connectivity index (χ0v) is 19.8. The lowest BCUT2D eigenvalue weighted by Crippen LogP contribution is -2.19. The number of methoxy groups -OCH3 is 1. The van der Waals surface area contributed by atoms with Gasteiger partial charge in [0.1, 0.15) is 17.4 Å². The summed E-state index contributed by atoms with van der Waals surface area (Å²) in [5, 5.41) is 1.39. The number of benzene rings is 3. The molecular weight excluding hydrogens is 472 g/mol. The van der Waals surface area contributed by atoms with Crippen LogP contribution in [0.5, 0.6) is 5.75 Å². The first-order valence-electron chi connectivity index (χ1n) is 11.6. The molecule has 1 aromatic heterocycles. The van der Waals surface area contributed by atoms with Gasteiger partial charge in [0.2, 0.25) is 0 Å². The molecule has 0 saturated heterocycles. The summed E-state index contributed by atoms with van der Waals surface area (Å²) in [4.78, 5) is 8.73. The molecule has 0 aliphatic rings. The SMILES string of the molecule is COCc1cnc(CCc2ccc3c(F)c(CCc4ccc(OCC(F)(F)F)cc4)ccc3c2)nc1. The van der Waals surface area contributed by atoms with Crippen LogP contribution in [0.25, 0.3) is 10.8 Å². The molecule has 0 radical (unpaired) electrons. The molecule has 0 unspecified atom stereocenters. The second-order valence-corrected chi connectivity index (χ2v) is 8.58. The van der Waals surface area contributed by atoms with Crippen molar-refractivity contribution in [2.24, 2.45) is 0 Å². The molecule has 4 aromatic rings. The van der Waals surface area contributed by atoms with E-state index in [1.54, 1.807) is 43.8 Å². The van der Waals surface area contributed by atoms with E-state index < -0.39 is 12.8 Å². The molecule has 4 nitrogen and oxygen atoms in total. The van der Waals surface area contributed by atoms with Gasteiger partial charge in [0, 0.05) is 36.9 Å². The highest BCUT2D eigenvalue weighted by molar-refractivity contribution is 5.84. The van der Waals surface area contributed by atoms with Gasteiger partial charge in [-0.1, -0.05) is 42.5 Å². The predicted octanol–water partition coefficient (Wildman–Crippen LogP) is 6.43. The molecule has 0 bridgehead atoms. The molecule has 0 amide bonds. The van der Waals surface area contributed by atoms with Crippen molar-refractivity contribution in [3.8, 4) is 5.75 Å². The number of aryl methyl sites for hydroxylation is 4. The van der Waals surface area contributed by atoms with Crippen LogP contribution < -0.4 is 4.74 Å². The topological polar surface area (TPSA) is 44.2 Å². The van der Waals surface area contributed by atoms with Gasteiger partial charge in [-0.25, -0.2) is 14.4 Å². The second-order valence-electron chi connectivity index (χ2n) is 8.58. The Hall–Kier alpha value is -3.52. The Labute approximate surface area is 206 Å². The van der Waals surface area contributed by atoms with Crippen molar-refractivity contribution in [2.75, 3.05) is 13.7 Å². The van der Waals surface area contributed by atoms with E-state index in [-0.39, 0.29) is 11.6 Å². The molecule has 0 saturated carbocycles. The third-order valence-electron chi connectivity index (χ3n) is 5.81. The van der Waals surface area contributed by atoms with Gasteiger partial charge in [-0.3, -0.25) is 0 Å². The predicted molar refractivity (Wildman–Crippen MR) is 129 cm³/mol. The van der Waals surface area contributed by atoms with Gasteiger partial charge in [0.25, 0.3) is 0 Å². The van der Waals surface area contributed by atoms with Crippen LogP contribution in [0.4, 0.5) is 17.6 Å². The van der Waals surface area contributed by atoms with E-state index >= 15 is 4.39 Å². The molecule has 36 heavy (non-hydrogen) atoms. The summed E-state index contributed by atoms with van der Waals surface area (Å²) in [6.07, 6.45) is 1.60. The van der Waals surface area contributed by atoms with Gasteiger partial charge in [-0.2, -0.15) is 13.2 Å². The second kappa shape index (κ2) is 11.5. The lowest BCUT2D eigenvalue weighted by atomic mass is 9.98. The maximum Gasteiger partial charge on any atom is 0.422 e. The van der Waals surface area contributed by atoms with E-state index in [0.717, 1.165) is 34.3 Å². The maximum atomic E-state index is 15.2. The van der Waals surface area contributed by atoms with Crippen molar-refractivity contribution in [1.29, 1.82) is 0 Å². The average Bonchev–Trinajstić information content (AvgIpc) is 2.87. The van der Waals surface area contributed by atoms with Gasteiger partial charge < -0.3 is 9.47 Å². The van der Waals surface area contributed by atoms with E-state index in [9.17, 15) is 13.2 Å².